The Morgan fingerprint density at radius 3 is 2.61 bits per heavy atom. The Morgan fingerprint density at radius 2 is 2.06 bits per heavy atom. The van der Waals surface area contributed by atoms with Gasteiger partial charge in [0.05, 0.1) is 5.56 Å². The largest absolute Gasteiger partial charge is 0.418 e. The molecule has 0 heterocycles. The number of halogens is 3. The van der Waals surface area contributed by atoms with E-state index in [1.165, 1.54) is 6.07 Å². The number of hydrogen-bond acceptors (Lipinski definition) is 3. The van der Waals surface area contributed by atoms with Gasteiger partial charge in [0.1, 0.15) is 0 Å². The molecule has 0 spiro atoms. The number of nitrogens with two attached hydrogens (primary N) is 1. The fourth-order valence-electron chi connectivity index (χ4n) is 1.55. The summed E-state index contributed by atoms with van der Waals surface area (Å²) in [7, 11) is 0. The molecular weight excluding hydrogens is 261 g/mol. The van der Waals surface area contributed by atoms with Gasteiger partial charge in [-0.1, -0.05) is 6.92 Å². The molecule has 1 unspecified atom stereocenters. The summed E-state index contributed by atoms with van der Waals surface area (Å²) in [4.78, 5) is 0. The highest BCUT2D eigenvalue weighted by atomic mass is 32.2. The zero-order chi connectivity index (χ0) is 13.8. The molecule has 1 rings (SSSR count). The van der Waals surface area contributed by atoms with Crippen LogP contribution in [0.3, 0.4) is 0 Å². The highest BCUT2D eigenvalue weighted by Gasteiger charge is 2.33. The standard InChI is InChI=1S/C12H17F3N2S/c1-8(7-18-2)6-17-9-3-4-11(16)10(5-9)12(13,14)15/h3-5,8,17H,6-7,16H2,1-2H3. The fraction of sp³-hybridized carbons (Fsp3) is 0.500. The number of rotatable bonds is 5. The van der Waals surface area contributed by atoms with E-state index in [0.717, 1.165) is 11.8 Å². The second kappa shape index (κ2) is 6.22. The van der Waals surface area contributed by atoms with E-state index in [4.69, 9.17) is 5.73 Å². The third-order valence-electron chi connectivity index (χ3n) is 2.46. The van der Waals surface area contributed by atoms with Crippen molar-refractivity contribution in [2.75, 3.05) is 29.6 Å². The van der Waals surface area contributed by atoms with E-state index in [1.54, 1.807) is 17.8 Å². The molecule has 18 heavy (non-hydrogen) atoms. The monoisotopic (exact) mass is 278 g/mol. The van der Waals surface area contributed by atoms with Crippen molar-refractivity contribution in [2.24, 2.45) is 5.92 Å². The van der Waals surface area contributed by atoms with E-state index < -0.39 is 11.7 Å². The minimum Gasteiger partial charge on any atom is -0.398 e. The van der Waals surface area contributed by atoms with E-state index in [9.17, 15) is 13.2 Å². The molecule has 0 bridgehead atoms. The lowest BCUT2D eigenvalue weighted by Crippen LogP contribution is -2.14. The first kappa shape index (κ1) is 15.0. The molecule has 1 atom stereocenters. The molecule has 0 aliphatic rings. The predicted molar refractivity (Wildman–Crippen MR) is 71.9 cm³/mol. The van der Waals surface area contributed by atoms with Gasteiger partial charge in [0, 0.05) is 17.9 Å². The van der Waals surface area contributed by atoms with E-state index in [1.807, 2.05) is 13.2 Å². The Morgan fingerprint density at radius 1 is 1.39 bits per heavy atom. The van der Waals surface area contributed by atoms with Gasteiger partial charge in [-0.05, 0) is 36.1 Å². The van der Waals surface area contributed by atoms with Crippen molar-refractivity contribution in [1.82, 2.24) is 0 Å². The summed E-state index contributed by atoms with van der Waals surface area (Å²) in [5.74, 6) is 1.36. The molecule has 2 nitrogen and oxygen atoms in total. The second-order valence-corrected chi connectivity index (χ2v) is 5.15. The van der Waals surface area contributed by atoms with Crippen molar-refractivity contribution in [2.45, 2.75) is 13.1 Å². The molecule has 0 aliphatic carbocycles. The topological polar surface area (TPSA) is 38.0 Å². The molecule has 102 valence electrons. The van der Waals surface area contributed by atoms with E-state index in [2.05, 4.69) is 5.32 Å². The molecular formula is C12H17F3N2S. The average Bonchev–Trinajstić information content (AvgIpc) is 2.27. The highest BCUT2D eigenvalue weighted by molar-refractivity contribution is 7.98. The van der Waals surface area contributed by atoms with Crippen LogP contribution < -0.4 is 11.1 Å². The molecule has 0 amide bonds. The van der Waals surface area contributed by atoms with Gasteiger partial charge < -0.3 is 11.1 Å². The normalized spacial score (nSPS) is 13.4. The number of nitrogens with one attached hydrogen (secondary N) is 1. The first-order chi connectivity index (χ1) is 8.34. The number of nitrogen functional groups attached to an aromatic ring is 1. The van der Waals surface area contributed by atoms with Gasteiger partial charge in [-0.25, -0.2) is 0 Å². The third kappa shape index (κ3) is 4.33. The van der Waals surface area contributed by atoms with E-state index >= 15 is 0 Å². The van der Waals surface area contributed by atoms with Crippen LogP contribution in [0.25, 0.3) is 0 Å². The van der Waals surface area contributed by atoms with Crippen LogP contribution in [0.15, 0.2) is 18.2 Å². The number of thioether (sulfide) groups is 1. The Bertz CT molecular complexity index is 393. The summed E-state index contributed by atoms with van der Waals surface area (Å²) in [5.41, 5.74) is 4.74. The highest BCUT2D eigenvalue weighted by Crippen LogP contribution is 2.35. The van der Waals surface area contributed by atoms with Gasteiger partial charge in [0.2, 0.25) is 0 Å². The minimum atomic E-state index is -4.41. The van der Waals surface area contributed by atoms with Crippen molar-refractivity contribution in [3.8, 4) is 0 Å². The van der Waals surface area contributed by atoms with Crippen LogP contribution in [0.4, 0.5) is 24.5 Å². The summed E-state index contributed by atoms with van der Waals surface area (Å²) in [5, 5.41) is 3.00. The molecule has 0 saturated heterocycles. The number of hydrogen-bond donors (Lipinski definition) is 2. The maximum Gasteiger partial charge on any atom is 0.418 e. The lowest BCUT2D eigenvalue weighted by molar-refractivity contribution is -0.136. The van der Waals surface area contributed by atoms with Crippen LogP contribution >= 0.6 is 11.8 Å². The number of benzene rings is 1. The Kier molecular flexibility index (Phi) is 5.19. The quantitative estimate of drug-likeness (QED) is 0.807. The lowest BCUT2D eigenvalue weighted by Gasteiger charge is -2.15. The predicted octanol–water partition coefficient (Wildman–Crippen LogP) is 3.70. The molecule has 1 aromatic carbocycles. The van der Waals surface area contributed by atoms with Gasteiger partial charge in [-0.2, -0.15) is 24.9 Å². The molecule has 0 radical (unpaired) electrons. The molecule has 0 aliphatic heterocycles. The summed E-state index contributed by atoms with van der Waals surface area (Å²) in [6, 6.07) is 3.90. The Balaban J connectivity index is 2.74. The van der Waals surface area contributed by atoms with Crippen molar-refractivity contribution >= 4 is 23.1 Å². The summed E-state index contributed by atoms with van der Waals surface area (Å²) >= 11 is 1.71. The maximum absolute atomic E-state index is 12.6. The first-order valence-electron chi connectivity index (χ1n) is 5.54. The zero-order valence-corrected chi connectivity index (χ0v) is 11.2. The van der Waals surface area contributed by atoms with Crippen molar-refractivity contribution in [3.05, 3.63) is 23.8 Å². The summed E-state index contributed by atoms with van der Waals surface area (Å²) < 4.78 is 37.9. The molecule has 0 saturated carbocycles. The Labute approximate surface area is 109 Å². The molecule has 0 aromatic heterocycles. The van der Waals surface area contributed by atoms with Gasteiger partial charge in [0.25, 0.3) is 0 Å². The van der Waals surface area contributed by atoms with Gasteiger partial charge in [-0.15, -0.1) is 0 Å². The van der Waals surface area contributed by atoms with Crippen LogP contribution in [-0.2, 0) is 6.18 Å². The van der Waals surface area contributed by atoms with Crippen molar-refractivity contribution in [1.29, 1.82) is 0 Å². The molecule has 0 fully saturated rings. The van der Waals surface area contributed by atoms with Crippen molar-refractivity contribution < 1.29 is 13.2 Å². The molecule has 1 aromatic rings. The van der Waals surface area contributed by atoms with Gasteiger partial charge >= 0.3 is 6.18 Å². The zero-order valence-electron chi connectivity index (χ0n) is 10.3. The third-order valence-corrected chi connectivity index (χ3v) is 3.37. The lowest BCUT2D eigenvalue weighted by atomic mass is 10.1. The summed E-state index contributed by atoms with van der Waals surface area (Å²) in [6.45, 7) is 2.69. The number of alkyl halides is 3. The van der Waals surface area contributed by atoms with Crippen molar-refractivity contribution in [3.63, 3.8) is 0 Å². The van der Waals surface area contributed by atoms with Gasteiger partial charge in [-0.3, -0.25) is 0 Å². The second-order valence-electron chi connectivity index (χ2n) is 4.24. The number of anilines is 2. The van der Waals surface area contributed by atoms with Crippen LogP contribution in [0, 0.1) is 5.92 Å². The SMILES string of the molecule is CSCC(C)CNc1ccc(N)c(C(F)(F)F)c1. The Hall–Kier alpha value is -1.04. The van der Waals surface area contributed by atoms with Crippen LogP contribution in [-0.4, -0.2) is 18.6 Å². The average molecular weight is 278 g/mol. The van der Waals surface area contributed by atoms with Crippen LogP contribution in [0.2, 0.25) is 0 Å². The smallest absolute Gasteiger partial charge is 0.398 e. The maximum atomic E-state index is 12.6. The molecule has 3 N–H and O–H groups in total. The van der Waals surface area contributed by atoms with E-state index in [-0.39, 0.29) is 5.69 Å². The molecule has 6 heteroatoms. The first-order valence-corrected chi connectivity index (χ1v) is 6.93. The summed E-state index contributed by atoms with van der Waals surface area (Å²) in [6.07, 6.45) is -2.41. The van der Waals surface area contributed by atoms with Crippen LogP contribution in [0.5, 0.6) is 0 Å². The fourth-order valence-corrected chi connectivity index (χ4v) is 2.23. The minimum absolute atomic E-state index is 0.245. The van der Waals surface area contributed by atoms with Crippen LogP contribution in [0.1, 0.15) is 12.5 Å². The van der Waals surface area contributed by atoms with E-state index in [0.29, 0.717) is 18.2 Å². The van der Waals surface area contributed by atoms with Gasteiger partial charge in [0.15, 0.2) is 0 Å².